The lowest BCUT2D eigenvalue weighted by Crippen LogP contribution is -2.51. The summed E-state index contributed by atoms with van der Waals surface area (Å²) in [6.07, 6.45) is 0. The van der Waals surface area contributed by atoms with Crippen molar-refractivity contribution in [1.29, 1.82) is 0 Å². The van der Waals surface area contributed by atoms with Crippen LogP contribution in [0.4, 0.5) is 20.2 Å². The first-order valence-electron chi connectivity index (χ1n) is 12.1. The number of nitrogens with one attached hydrogen (secondary N) is 2. The largest absolute Gasteiger partial charge is 0.433 e. The van der Waals surface area contributed by atoms with Crippen LogP contribution >= 0.6 is 22.9 Å². The van der Waals surface area contributed by atoms with Crippen LogP contribution < -0.4 is 20.3 Å². The van der Waals surface area contributed by atoms with Gasteiger partial charge in [0.1, 0.15) is 12.6 Å². The zero-order chi connectivity index (χ0) is 27.8. The van der Waals surface area contributed by atoms with E-state index in [1.807, 2.05) is 25.7 Å². The number of carbonyl (C=O) groups is 3. The lowest BCUT2D eigenvalue weighted by Gasteiger charge is -2.31. The first kappa shape index (κ1) is 29.8. The summed E-state index contributed by atoms with van der Waals surface area (Å²) in [6, 6.07) is 6.69. The quantitative estimate of drug-likeness (QED) is 0.398. The third-order valence-electron chi connectivity index (χ3n) is 5.72. The Bertz CT molecular complexity index is 1130. The minimum Gasteiger partial charge on any atom is -0.433 e. The molecule has 0 aliphatic carbocycles. The third-order valence-corrected chi connectivity index (χ3v) is 6.95. The second-order valence-electron chi connectivity index (χ2n) is 8.96. The van der Waals surface area contributed by atoms with Crippen molar-refractivity contribution in [3.8, 4) is 5.75 Å². The number of likely N-dealkylation sites (N-methyl/N-ethyl adjacent to an activating group) is 1. The molecule has 2 aromatic rings. The van der Waals surface area contributed by atoms with Crippen LogP contribution in [0, 0.1) is 5.92 Å². The summed E-state index contributed by atoms with van der Waals surface area (Å²) >= 11 is 7.06. The molecule has 1 aliphatic heterocycles. The van der Waals surface area contributed by atoms with Gasteiger partial charge < -0.3 is 25.0 Å². The van der Waals surface area contributed by atoms with Crippen molar-refractivity contribution in [3.05, 3.63) is 39.5 Å². The molecule has 1 atom stereocenters. The van der Waals surface area contributed by atoms with Crippen LogP contribution in [0.5, 0.6) is 5.75 Å². The molecule has 0 spiro atoms. The predicted octanol–water partition coefficient (Wildman–Crippen LogP) is 4.08. The van der Waals surface area contributed by atoms with E-state index in [0.717, 1.165) is 11.3 Å². The smallest absolute Gasteiger partial charge is 0.387 e. The fraction of sp³-hybridized carbons (Fsp3) is 0.480. The maximum Gasteiger partial charge on any atom is 0.387 e. The Labute approximate surface area is 229 Å². The van der Waals surface area contributed by atoms with Crippen LogP contribution in [0.3, 0.4) is 0 Å². The summed E-state index contributed by atoms with van der Waals surface area (Å²) in [5, 5.41) is 5.54. The van der Waals surface area contributed by atoms with Crippen LogP contribution in [0.15, 0.2) is 30.3 Å². The van der Waals surface area contributed by atoms with Crippen molar-refractivity contribution in [2.45, 2.75) is 33.4 Å². The van der Waals surface area contributed by atoms with E-state index in [4.69, 9.17) is 16.3 Å². The molecule has 3 amide bonds. The molecule has 0 saturated carbocycles. The Morgan fingerprint density at radius 3 is 2.63 bits per heavy atom. The Balaban J connectivity index is 1.82. The summed E-state index contributed by atoms with van der Waals surface area (Å²) in [4.78, 5) is 41.9. The second-order valence-corrected chi connectivity index (χ2v) is 10.7. The fourth-order valence-electron chi connectivity index (χ4n) is 4.05. The van der Waals surface area contributed by atoms with Crippen LogP contribution in [0.2, 0.25) is 4.34 Å². The van der Waals surface area contributed by atoms with Gasteiger partial charge in [0.2, 0.25) is 5.91 Å². The van der Waals surface area contributed by atoms with Crippen LogP contribution in [0.1, 0.15) is 30.4 Å². The van der Waals surface area contributed by atoms with E-state index in [0.29, 0.717) is 22.3 Å². The Hall–Kier alpha value is -2.80. The molecule has 38 heavy (non-hydrogen) atoms. The Kier molecular flexibility index (Phi) is 10.8. The normalized spacial score (nSPS) is 14.8. The zero-order valence-electron chi connectivity index (χ0n) is 21.3. The molecule has 1 aromatic carbocycles. The van der Waals surface area contributed by atoms with Crippen molar-refractivity contribution in [2.24, 2.45) is 5.92 Å². The molecule has 0 bridgehead atoms. The SMILES string of the molecule is CCN(CC(C)C)[C@@H](CNC(=O)c1ccc(Cl)s1)C(=O)Nc1ccc(N2CCOCC2=O)c(OC(F)F)c1. The average Bonchev–Trinajstić information content (AvgIpc) is 3.30. The number of hydrogen-bond donors (Lipinski definition) is 2. The standard InChI is InChI=1S/C25H31ClF2N4O5S/c1-4-31(13-15(2)3)18(12-29-24(35)20-7-8-21(26)38-20)23(34)30-16-5-6-17(19(11-16)37-25(27)28)32-9-10-36-14-22(32)33/h5-8,11,15,18,25H,4,9-10,12-14H2,1-3H3,(H,29,35)(H,30,34)/t18-/m0/s1. The molecular formula is C25H31ClF2N4O5S. The average molecular weight is 573 g/mol. The second kappa shape index (κ2) is 13.8. The van der Waals surface area contributed by atoms with E-state index in [9.17, 15) is 23.2 Å². The molecule has 1 fully saturated rings. The van der Waals surface area contributed by atoms with E-state index in [1.54, 1.807) is 12.1 Å². The van der Waals surface area contributed by atoms with Crippen LogP contribution in [-0.2, 0) is 14.3 Å². The summed E-state index contributed by atoms with van der Waals surface area (Å²) in [7, 11) is 0. The van der Waals surface area contributed by atoms with Gasteiger partial charge in [0.15, 0.2) is 5.75 Å². The van der Waals surface area contributed by atoms with Crippen molar-refractivity contribution in [2.75, 3.05) is 49.6 Å². The van der Waals surface area contributed by atoms with Gasteiger partial charge in [0.25, 0.3) is 11.8 Å². The van der Waals surface area contributed by atoms with Gasteiger partial charge in [-0.05, 0) is 36.7 Å². The van der Waals surface area contributed by atoms with Gasteiger partial charge >= 0.3 is 6.61 Å². The van der Waals surface area contributed by atoms with E-state index in [1.165, 1.54) is 23.1 Å². The van der Waals surface area contributed by atoms with Gasteiger partial charge in [-0.2, -0.15) is 8.78 Å². The van der Waals surface area contributed by atoms with Gasteiger partial charge in [-0.3, -0.25) is 19.3 Å². The minimum atomic E-state index is -3.13. The molecule has 1 aromatic heterocycles. The monoisotopic (exact) mass is 572 g/mol. The number of carbonyl (C=O) groups excluding carboxylic acids is 3. The highest BCUT2D eigenvalue weighted by atomic mass is 35.5. The number of rotatable bonds is 12. The zero-order valence-corrected chi connectivity index (χ0v) is 22.9. The van der Waals surface area contributed by atoms with Crippen molar-refractivity contribution < 1.29 is 32.6 Å². The van der Waals surface area contributed by atoms with Gasteiger partial charge in [-0.15, -0.1) is 11.3 Å². The van der Waals surface area contributed by atoms with E-state index in [2.05, 4.69) is 15.4 Å². The highest BCUT2D eigenvalue weighted by Gasteiger charge is 2.28. The number of anilines is 2. The molecule has 3 rings (SSSR count). The van der Waals surface area contributed by atoms with Crippen LogP contribution in [-0.4, -0.2) is 74.7 Å². The number of hydrogen-bond acceptors (Lipinski definition) is 7. The molecule has 1 saturated heterocycles. The molecule has 2 N–H and O–H groups in total. The van der Waals surface area contributed by atoms with Crippen LogP contribution in [0.25, 0.3) is 0 Å². The number of thiophene rings is 1. The third kappa shape index (κ3) is 8.10. The number of morpholine rings is 1. The van der Waals surface area contributed by atoms with Crippen molar-refractivity contribution >= 4 is 52.0 Å². The van der Waals surface area contributed by atoms with Crippen molar-refractivity contribution in [3.63, 3.8) is 0 Å². The van der Waals surface area contributed by atoms with Gasteiger partial charge in [0, 0.05) is 31.4 Å². The maximum atomic E-state index is 13.4. The lowest BCUT2D eigenvalue weighted by molar-refractivity contribution is -0.126. The summed E-state index contributed by atoms with van der Waals surface area (Å²) in [5.41, 5.74) is 0.363. The number of halogens is 3. The van der Waals surface area contributed by atoms with E-state index in [-0.39, 0.29) is 61.2 Å². The van der Waals surface area contributed by atoms with E-state index >= 15 is 0 Å². The first-order chi connectivity index (χ1) is 18.1. The van der Waals surface area contributed by atoms with Gasteiger partial charge in [0.05, 0.1) is 21.5 Å². The number of alkyl halides is 2. The highest BCUT2D eigenvalue weighted by molar-refractivity contribution is 7.18. The number of ether oxygens (including phenoxy) is 2. The molecule has 1 aliphatic rings. The summed E-state index contributed by atoms with van der Waals surface area (Å²) in [5.74, 6) is -1.18. The van der Waals surface area contributed by atoms with Gasteiger partial charge in [-0.1, -0.05) is 32.4 Å². The molecule has 13 heteroatoms. The Morgan fingerprint density at radius 2 is 2.03 bits per heavy atom. The topological polar surface area (TPSA) is 100 Å². The maximum absolute atomic E-state index is 13.4. The van der Waals surface area contributed by atoms with E-state index < -0.39 is 18.6 Å². The number of benzene rings is 1. The number of amides is 3. The minimum absolute atomic E-state index is 0.0154. The Morgan fingerprint density at radius 1 is 1.26 bits per heavy atom. The molecular weight excluding hydrogens is 542 g/mol. The lowest BCUT2D eigenvalue weighted by atomic mass is 10.1. The molecule has 2 heterocycles. The fourth-order valence-corrected chi connectivity index (χ4v) is 5.01. The number of nitrogens with zero attached hydrogens (tertiary/aromatic N) is 2. The predicted molar refractivity (Wildman–Crippen MR) is 142 cm³/mol. The molecule has 208 valence electrons. The molecule has 9 nitrogen and oxygen atoms in total. The van der Waals surface area contributed by atoms with Gasteiger partial charge in [-0.25, -0.2) is 0 Å². The summed E-state index contributed by atoms with van der Waals surface area (Å²) < 4.78 is 36.6. The first-order valence-corrected chi connectivity index (χ1v) is 13.3. The molecule has 0 unspecified atom stereocenters. The molecule has 0 radical (unpaired) electrons. The van der Waals surface area contributed by atoms with Crippen molar-refractivity contribution in [1.82, 2.24) is 10.2 Å². The summed E-state index contributed by atoms with van der Waals surface area (Å²) in [6.45, 7) is 4.23. The highest BCUT2D eigenvalue weighted by Crippen LogP contribution is 2.33.